The van der Waals surface area contributed by atoms with Crippen molar-refractivity contribution in [3.8, 4) is 0 Å². The quantitative estimate of drug-likeness (QED) is 0.819. The molecule has 6 nitrogen and oxygen atoms in total. The highest BCUT2D eigenvalue weighted by Gasteiger charge is 2.55. The first-order valence-corrected chi connectivity index (χ1v) is 11.2. The van der Waals surface area contributed by atoms with Crippen LogP contribution in [0.25, 0.3) is 0 Å². The topological polar surface area (TPSA) is 53.4 Å². The number of rotatable bonds is 5. The normalized spacial score (nSPS) is 32.2. The van der Waals surface area contributed by atoms with E-state index in [2.05, 4.69) is 57.5 Å². The summed E-state index contributed by atoms with van der Waals surface area (Å²) in [5.41, 5.74) is 4.76. The van der Waals surface area contributed by atoms with Crippen molar-refractivity contribution in [2.75, 3.05) is 39.3 Å². The van der Waals surface area contributed by atoms with Gasteiger partial charge in [-0.2, -0.15) is 5.10 Å². The predicted molar refractivity (Wildman–Crippen MR) is 117 cm³/mol. The molecule has 0 saturated carbocycles. The Morgan fingerprint density at radius 2 is 1.80 bits per heavy atom. The molecule has 4 saturated heterocycles. The van der Waals surface area contributed by atoms with E-state index in [0.29, 0.717) is 12.3 Å². The van der Waals surface area contributed by atoms with Gasteiger partial charge in [-0.3, -0.25) is 9.48 Å². The van der Waals surface area contributed by atoms with Gasteiger partial charge >= 0.3 is 0 Å². The van der Waals surface area contributed by atoms with E-state index in [-0.39, 0.29) is 17.4 Å². The molecule has 1 amide bonds. The van der Waals surface area contributed by atoms with Crippen LogP contribution in [-0.4, -0.2) is 70.8 Å². The van der Waals surface area contributed by atoms with Crippen LogP contribution in [0.5, 0.6) is 0 Å². The standard InChI is InChI=1S/C24H33N5O/c1-17-21(18(2)27(3)26-17)9-10-22(30)25-23-19-13-28-11-12-29(14-19)16-24(23,15-28)20-7-5-4-6-8-20/h4-8,19,23H,9-16H2,1-3H3,(H,25,30)/t19?,23-,24?/m1/s1. The number of aryl methyl sites for hydroxylation is 2. The third-order valence-electron chi connectivity index (χ3n) is 7.72. The van der Waals surface area contributed by atoms with Crippen LogP contribution in [0.1, 0.15) is 28.9 Å². The summed E-state index contributed by atoms with van der Waals surface area (Å²) in [6.07, 6.45) is 1.28. The lowest BCUT2D eigenvalue weighted by atomic mass is 9.64. The van der Waals surface area contributed by atoms with Crippen LogP contribution in [0, 0.1) is 19.8 Å². The largest absolute Gasteiger partial charge is 0.352 e. The average molecular weight is 408 g/mol. The van der Waals surface area contributed by atoms with Crippen LogP contribution in [0.2, 0.25) is 0 Å². The second-order valence-electron chi connectivity index (χ2n) is 9.57. The molecule has 30 heavy (non-hydrogen) atoms. The zero-order chi connectivity index (χ0) is 20.9. The van der Waals surface area contributed by atoms with Crippen molar-refractivity contribution in [1.82, 2.24) is 24.9 Å². The highest BCUT2D eigenvalue weighted by atomic mass is 16.1. The lowest BCUT2D eigenvalue weighted by Gasteiger charge is -2.55. The van der Waals surface area contributed by atoms with Gasteiger partial charge in [0.25, 0.3) is 0 Å². The number of hydrogen-bond acceptors (Lipinski definition) is 4. The van der Waals surface area contributed by atoms with Crippen LogP contribution < -0.4 is 5.32 Å². The Hall–Kier alpha value is -2.18. The van der Waals surface area contributed by atoms with E-state index in [0.717, 1.165) is 57.1 Å². The average Bonchev–Trinajstić information content (AvgIpc) is 2.87. The van der Waals surface area contributed by atoms with E-state index in [4.69, 9.17) is 0 Å². The summed E-state index contributed by atoms with van der Waals surface area (Å²) >= 11 is 0. The first-order chi connectivity index (χ1) is 14.5. The summed E-state index contributed by atoms with van der Waals surface area (Å²) in [5, 5.41) is 8.02. The monoisotopic (exact) mass is 407 g/mol. The van der Waals surface area contributed by atoms with Gasteiger partial charge in [0.05, 0.1) is 5.69 Å². The number of benzene rings is 1. The second kappa shape index (κ2) is 7.50. The number of aromatic nitrogens is 2. The zero-order valence-electron chi connectivity index (χ0n) is 18.4. The fraction of sp³-hybridized carbons (Fsp3) is 0.583. The summed E-state index contributed by atoms with van der Waals surface area (Å²) < 4.78 is 1.91. The Labute approximate surface area is 179 Å². The zero-order valence-corrected chi connectivity index (χ0v) is 18.4. The number of carbonyl (C=O) groups excluding carboxylic acids is 1. The van der Waals surface area contributed by atoms with Crippen molar-refractivity contribution < 1.29 is 4.79 Å². The van der Waals surface area contributed by atoms with Gasteiger partial charge in [-0.05, 0) is 31.4 Å². The van der Waals surface area contributed by atoms with E-state index in [1.54, 1.807) is 0 Å². The van der Waals surface area contributed by atoms with Gasteiger partial charge in [0.1, 0.15) is 0 Å². The molecule has 2 unspecified atom stereocenters. The maximum absolute atomic E-state index is 13.1. The van der Waals surface area contributed by atoms with Gasteiger partial charge < -0.3 is 15.1 Å². The van der Waals surface area contributed by atoms with Crippen LogP contribution in [0.4, 0.5) is 0 Å². The molecule has 3 atom stereocenters. The van der Waals surface area contributed by atoms with Gasteiger partial charge in [-0.25, -0.2) is 0 Å². The van der Waals surface area contributed by atoms with Gasteiger partial charge in [-0.15, -0.1) is 0 Å². The van der Waals surface area contributed by atoms with E-state index < -0.39 is 0 Å². The van der Waals surface area contributed by atoms with E-state index in [1.807, 2.05) is 18.7 Å². The van der Waals surface area contributed by atoms with E-state index in [1.165, 1.54) is 11.1 Å². The van der Waals surface area contributed by atoms with Crippen molar-refractivity contribution in [2.24, 2.45) is 13.0 Å². The van der Waals surface area contributed by atoms with Gasteiger partial charge in [0.15, 0.2) is 0 Å². The lowest BCUT2D eigenvalue weighted by Crippen LogP contribution is -2.70. The molecule has 0 aliphatic carbocycles. The summed E-state index contributed by atoms with van der Waals surface area (Å²) in [7, 11) is 1.97. The van der Waals surface area contributed by atoms with Crippen LogP contribution in [-0.2, 0) is 23.7 Å². The minimum Gasteiger partial charge on any atom is -0.352 e. The number of piperidine rings is 2. The first kappa shape index (κ1) is 19.8. The third kappa shape index (κ3) is 3.26. The molecule has 2 aromatic rings. The fourth-order valence-electron chi connectivity index (χ4n) is 6.23. The lowest BCUT2D eigenvalue weighted by molar-refractivity contribution is -0.124. The number of fused-ring (bicyclic) bond motifs is 1. The molecule has 1 aromatic carbocycles. The van der Waals surface area contributed by atoms with Gasteiger partial charge in [-0.1, -0.05) is 30.3 Å². The molecule has 4 bridgehead atoms. The molecule has 4 aliphatic heterocycles. The Morgan fingerprint density at radius 1 is 1.13 bits per heavy atom. The van der Waals surface area contributed by atoms with Crippen molar-refractivity contribution in [1.29, 1.82) is 0 Å². The number of amides is 1. The molecule has 0 spiro atoms. The van der Waals surface area contributed by atoms with Gasteiger partial charge in [0.2, 0.25) is 5.91 Å². The summed E-state index contributed by atoms with van der Waals surface area (Å²) in [6, 6.07) is 11.1. The molecular weight excluding hydrogens is 374 g/mol. The van der Waals surface area contributed by atoms with Crippen LogP contribution in [0.15, 0.2) is 30.3 Å². The minimum atomic E-state index is -0.0191. The molecule has 4 aliphatic rings. The molecular formula is C24H33N5O. The number of nitrogens with zero attached hydrogens (tertiary/aromatic N) is 4. The van der Waals surface area contributed by atoms with Crippen molar-refractivity contribution in [3.63, 3.8) is 0 Å². The molecule has 4 fully saturated rings. The number of carbonyl (C=O) groups is 1. The highest BCUT2D eigenvalue weighted by Crippen LogP contribution is 2.43. The molecule has 6 heteroatoms. The van der Waals surface area contributed by atoms with Crippen molar-refractivity contribution in [3.05, 3.63) is 52.8 Å². The number of hydrogen-bond donors (Lipinski definition) is 1. The Kier molecular flexibility index (Phi) is 4.94. The van der Waals surface area contributed by atoms with Crippen LogP contribution >= 0.6 is 0 Å². The molecule has 1 aromatic heterocycles. The maximum Gasteiger partial charge on any atom is 0.220 e. The molecule has 5 heterocycles. The van der Waals surface area contributed by atoms with Gasteiger partial charge in [0, 0.05) is 75.8 Å². The van der Waals surface area contributed by atoms with Crippen LogP contribution in [0.3, 0.4) is 0 Å². The maximum atomic E-state index is 13.1. The molecule has 1 N–H and O–H groups in total. The minimum absolute atomic E-state index is 0.0191. The summed E-state index contributed by atoms with van der Waals surface area (Å²) in [6.45, 7) is 10.7. The Balaban J connectivity index is 1.38. The van der Waals surface area contributed by atoms with Crippen molar-refractivity contribution in [2.45, 2.75) is 38.1 Å². The molecule has 0 radical (unpaired) electrons. The SMILES string of the molecule is Cc1nn(C)c(C)c1CCC(=O)N[C@@H]1C2CN3CCN(C2)CC1(c1ccccc1)C3. The summed E-state index contributed by atoms with van der Waals surface area (Å²) in [4.78, 5) is 18.4. The Morgan fingerprint density at radius 3 is 2.40 bits per heavy atom. The number of nitrogens with one attached hydrogen (secondary N) is 1. The fourth-order valence-corrected chi connectivity index (χ4v) is 6.23. The molecule has 6 rings (SSSR count). The second-order valence-corrected chi connectivity index (χ2v) is 9.57. The third-order valence-corrected chi connectivity index (χ3v) is 7.72. The molecule has 160 valence electrons. The highest BCUT2D eigenvalue weighted by molar-refractivity contribution is 5.77. The smallest absolute Gasteiger partial charge is 0.220 e. The van der Waals surface area contributed by atoms with E-state index >= 15 is 0 Å². The van der Waals surface area contributed by atoms with Crippen molar-refractivity contribution >= 4 is 5.91 Å². The Bertz CT molecular complexity index is 921. The van der Waals surface area contributed by atoms with E-state index in [9.17, 15) is 4.79 Å². The first-order valence-electron chi connectivity index (χ1n) is 11.2. The summed E-state index contributed by atoms with van der Waals surface area (Å²) in [5.74, 6) is 0.662. The predicted octanol–water partition coefficient (Wildman–Crippen LogP) is 1.65.